The third-order valence-corrected chi connectivity index (χ3v) is 5.29. The second-order valence-electron chi connectivity index (χ2n) is 5.83. The number of hydrogen-bond acceptors (Lipinski definition) is 3. The lowest BCUT2D eigenvalue weighted by Gasteiger charge is -2.28. The second kappa shape index (κ2) is 7.10. The van der Waals surface area contributed by atoms with E-state index in [1.165, 1.54) is 48.5 Å². The van der Waals surface area contributed by atoms with Gasteiger partial charge in [0.05, 0.1) is 0 Å². The van der Waals surface area contributed by atoms with Gasteiger partial charge >= 0.3 is 0 Å². The molecule has 1 saturated heterocycles. The third kappa shape index (κ3) is 3.86. The first-order valence-electron chi connectivity index (χ1n) is 7.93. The van der Waals surface area contributed by atoms with Gasteiger partial charge in [-0.1, -0.05) is 18.2 Å². The highest BCUT2D eigenvalue weighted by molar-refractivity contribution is 7.10. The van der Waals surface area contributed by atoms with Crippen LogP contribution < -0.4 is 10.2 Å². The van der Waals surface area contributed by atoms with E-state index in [2.05, 4.69) is 58.9 Å². The molecule has 1 aromatic carbocycles. The molecule has 1 atom stereocenters. The molecular weight excluding hydrogens is 276 g/mol. The number of piperidine rings is 1. The van der Waals surface area contributed by atoms with Crippen molar-refractivity contribution in [1.82, 2.24) is 5.32 Å². The summed E-state index contributed by atoms with van der Waals surface area (Å²) in [6.07, 6.45) is 4.06. The first kappa shape index (κ1) is 14.6. The maximum atomic E-state index is 3.60. The van der Waals surface area contributed by atoms with Crippen LogP contribution in [0.25, 0.3) is 0 Å². The SMILES string of the molecule is CC(NCc1ccc(N2CCCCC2)cc1)c1cccs1. The molecule has 1 aromatic heterocycles. The Balaban J connectivity index is 1.54. The predicted molar refractivity (Wildman–Crippen MR) is 92.1 cm³/mol. The second-order valence-corrected chi connectivity index (χ2v) is 6.81. The normalized spacial score (nSPS) is 16.9. The Morgan fingerprint density at radius 3 is 2.52 bits per heavy atom. The summed E-state index contributed by atoms with van der Waals surface area (Å²) in [7, 11) is 0. The summed E-state index contributed by atoms with van der Waals surface area (Å²) >= 11 is 1.82. The summed E-state index contributed by atoms with van der Waals surface area (Å²) in [5, 5.41) is 5.74. The molecular formula is C18H24N2S. The Bertz CT molecular complexity index is 527. The molecule has 1 aliphatic heterocycles. The Labute approximate surface area is 131 Å². The van der Waals surface area contributed by atoms with Crippen molar-refractivity contribution in [2.24, 2.45) is 0 Å². The number of benzene rings is 1. The minimum atomic E-state index is 0.423. The van der Waals surface area contributed by atoms with Gasteiger partial charge in [-0.2, -0.15) is 0 Å². The van der Waals surface area contributed by atoms with Gasteiger partial charge in [0.2, 0.25) is 0 Å². The smallest absolute Gasteiger partial charge is 0.0388 e. The van der Waals surface area contributed by atoms with Crippen LogP contribution in [-0.2, 0) is 6.54 Å². The van der Waals surface area contributed by atoms with E-state index in [1.54, 1.807) is 0 Å². The Morgan fingerprint density at radius 1 is 1.10 bits per heavy atom. The molecule has 3 heteroatoms. The molecule has 2 aromatic rings. The lowest BCUT2D eigenvalue weighted by Crippen LogP contribution is -2.29. The summed E-state index contributed by atoms with van der Waals surface area (Å²) in [5.41, 5.74) is 2.74. The molecule has 3 rings (SSSR count). The summed E-state index contributed by atoms with van der Waals surface area (Å²) in [5.74, 6) is 0. The average Bonchev–Trinajstić information content (AvgIpc) is 3.08. The standard InChI is InChI=1S/C18H24N2S/c1-15(18-6-5-13-21-18)19-14-16-7-9-17(10-8-16)20-11-3-2-4-12-20/h5-10,13,15,19H,2-4,11-12,14H2,1H3. The van der Waals surface area contributed by atoms with Gasteiger partial charge in [0.1, 0.15) is 0 Å². The first-order valence-corrected chi connectivity index (χ1v) is 8.81. The van der Waals surface area contributed by atoms with Gasteiger partial charge in [0, 0.05) is 36.2 Å². The average molecular weight is 300 g/mol. The molecule has 2 heterocycles. The number of hydrogen-bond donors (Lipinski definition) is 1. The Morgan fingerprint density at radius 2 is 1.86 bits per heavy atom. The highest BCUT2D eigenvalue weighted by Crippen LogP contribution is 2.21. The van der Waals surface area contributed by atoms with Crippen molar-refractivity contribution in [1.29, 1.82) is 0 Å². The minimum Gasteiger partial charge on any atom is -0.372 e. The van der Waals surface area contributed by atoms with Gasteiger partial charge in [0.25, 0.3) is 0 Å². The number of rotatable bonds is 5. The van der Waals surface area contributed by atoms with E-state index in [0.717, 1.165) is 6.54 Å². The number of anilines is 1. The zero-order valence-electron chi connectivity index (χ0n) is 12.7. The van der Waals surface area contributed by atoms with E-state index in [9.17, 15) is 0 Å². The molecule has 1 N–H and O–H groups in total. The van der Waals surface area contributed by atoms with Crippen LogP contribution in [-0.4, -0.2) is 13.1 Å². The topological polar surface area (TPSA) is 15.3 Å². The molecule has 1 aliphatic rings. The largest absolute Gasteiger partial charge is 0.372 e. The summed E-state index contributed by atoms with van der Waals surface area (Å²) in [4.78, 5) is 3.91. The number of thiophene rings is 1. The van der Waals surface area contributed by atoms with Crippen LogP contribution in [0.2, 0.25) is 0 Å². The summed E-state index contributed by atoms with van der Waals surface area (Å²) < 4.78 is 0. The van der Waals surface area contributed by atoms with E-state index in [-0.39, 0.29) is 0 Å². The highest BCUT2D eigenvalue weighted by atomic mass is 32.1. The van der Waals surface area contributed by atoms with Crippen molar-refractivity contribution in [3.8, 4) is 0 Å². The molecule has 0 bridgehead atoms. The molecule has 0 saturated carbocycles. The van der Waals surface area contributed by atoms with Crippen LogP contribution in [0.5, 0.6) is 0 Å². The van der Waals surface area contributed by atoms with Gasteiger partial charge in [-0.05, 0) is 55.3 Å². The summed E-state index contributed by atoms with van der Waals surface area (Å²) in [6.45, 7) is 5.59. The molecule has 1 unspecified atom stereocenters. The fourth-order valence-electron chi connectivity index (χ4n) is 2.89. The van der Waals surface area contributed by atoms with Crippen molar-refractivity contribution in [3.63, 3.8) is 0 Å². The lowest BCUT2D eigenvalue weighted by atomic mass is 10.1. The zero-order valence-corrected chi connectivity index (χ0v) is 13.5. The van der Waals surface area contributed by atoms with Gasteiger partial charge in [-0.15, -0.1) is 11.3 Å². The molecule has 0 spiro atoms. The fraction of sp³-hybridized carbons (Fsp3) is 0.444. The van der Waals surface area contributed by atoms with Crippen molar-refractivity contribution in [3.05, 3.63) is 52.2 Å². The van der Waals surface area contributed by atoms with Gasteiger partial charge in [0.15, 0.2) is 0 Å². The van der Waals surface area contributed by atoms with Crippen molar-refractivity contribution in [2.45, 2.75) is 38.8 Å². The van der Waals surface area contributed by atoms with Crippen molar-refractivity contribution < 1.29 is 0 Å². The molecule has 1 fully saturated rings. The van der Waals surface area contributed by atoms with Crippen LogP contribution >= 0.6 is 11.3 Å². The van der Waals surface area contributed by atoms with Crippen LogP contribution in [0.3, 0.4) is 0 Å². The fourth-order valence-corrected chi connectivity index (χ4v) is 3.64. The lowest BCUT2D eigenvalue weighted by molar-refractivity contribution is 0.576. The number of nitrogens with zero attached hydrogens (tertiary/aromatic N) is 1. The third-order valence-electron chi connectivity index (χ3n) is 4.24. The van der Waals surface area contributed by atoms with Gasteiger partial charge in [-0.3, -0.25) is 0 Å². The first-order chi connectivity index (χ1) is 10.3. The van der Waals surface area contributed by atoms with E-state index >= 15 is 0 Å². The molecule has 112 valence electrons. The molecule has 21 heavy (non-hydrogen) atoms. The van der Waals surface area contributed by atoms with E-state index < -0.39 is 0 Å². The monoisotopic (exact) mass is 300 g/mol. The summed E-state index contributed by atoms with van der Waals surface area (Å²) in [6, 6.07) is 13.8. The van der Waals surface area contributed by atoms with Gasteiger partial charge in [-0.25, -0.2) is 0 Å². The highest BCUT2D eigenvalue weighted by Gasteiger charge is 2.10. The van der Waals surface area contributed by atoms with Crippen LogP contribution in [0.1, 0.15) is 42.7 Å². The number of nitrogens with one attached hydrogen (secondary N) is 1. The maximum Gasteiger partial charge on any atom is 0.0388 e. The van der Waals surface area contributed by atoms with E-state index in [0.29, 0.717) is 6.04 Å². The molecule has 0 amide bonds. The minimum absolute atomic E-state index is 0.423. The quantitative estimate of drug-likeness (QED) is 0.869. The van der Waals surface area contributed by atoms with Crippen LogP contribution in [0.15, 0.2) is 41.8 Å². The molecule has 2 nitrogen and oxygen atoms in total. The van der Waals surface area contributed by atoms with Crippen molar-refractivity contribution >= 4 is 17.0 Å². The zero-order chi connectivity index (χ0) is 14.5. The van der Waals surface area contributed by atoms with Crippen LogP contribution in [0.4, 0.5) is 5.69 Å². The Hall–Kier alpha value is -1.32. The predicted octanol–water partition coefficient (Wildman–Crippen LogP) is 4.59. The van der Waals surface area contributed by atoms with E-state index in [4.69, 9.17) is 0 Å². The van der Waals surface area contributed by atoms with Crippen molar-refractivity contribution in [2.75, 3.05) is 18.0 Å². The maximum absolute atomic E-state index is 3.60. The Kier molecular flexibility index (Phi) is 4.94. The van der Waals surface area contributed by atoms with E-state index in [1.807, 2.05) is 11.3 Å². The molecule has 0 aliphatic carbocycles. The van der Waals surface area contributed by atoms with Crippen LogP contribution in [0, 0.1) is 0 Å². The van der Waals surface area contributed by atoms with Gasteiger partial charge < -0.3 is 10.2 Å². The molecule has 0 radical (unpaired) electrons.